The first-order chi connectivity index (χ1) is 16.7. The molecule has 34 heavy (non-hydrogen) atoms. The van der Waals surface area contributed by atoms with E-state index in [9.17, 15) is 9.18 Å². The first-order valence-corrected chi connectivity index (χ1v) is 12.0. The second-order valence-corrected chi connectivity index (χ2v) is 9.28. The molecule has 9 heteroatoms. The SMILES string of the molecule is O=C(c1nc(-c2cccs2)n(-c2ccc(F)cc2)n1)N1CCC(c2c[nH]c3ncccc23)CC1. The standard InChI is InChI=1S/C25H21FN6OS/c26-17-5-7-18(8-6-17)32-24(21-4-2-14-34-21)29-23(30-32)25(33)31-12-9-16(10-13-31)20-15-28-22-19(20)3-1-11-27-22/h1-8,11,14-16H,9-10,12-13H2,(H,27,28). The molecule has 1 aliphatic heterocycles. The van der Waals surface area contributed by atoms with Gasteiger partial charge in [0.25, 0.3) is 5.91 Å². The highest BCUT2D eigenvalue weighted by molar-refractivity contribution is 7.13. The normalized spacial score (nSPS) is 14.7. The third-order valence-electron chi connectivity index (χ3n) is 6.32. The number of carbonyl (C=O) groups excluding carboxylic acids is 1. The minimum atomic E-state index is -0.327. The fraction of sp³-hybridized carbons (Fsp3) is 0.200. The van der Waals surface area contributed by atoms with Crippen molar-refractivity contribution < 1.29 is 9.18 Å². The molecule has 6 rings (SSSR count). The Morgan fingerprint density at radius 3 is 2.68 bits per heavy atom. The van der Waals surface area contributed by atoms with Crippen molar-refractivity contribution >= 4 is 28.3 Å². The molecular formula is C25H21FN6OS. The van der Waals surface area contributed by atoms with Crippen molar-refractivity contribution in [2.45, 2.75) is 18.8 Å². The first kappa shape index (κ1) is 20.7. The monoisotopic (exact) mass is 472 g/mol. The van der Waals surface area contributed by atoms with E-state index in [1.807, 2.05) is 34.7 Å². The van der Waals surface area contributed by atoms with Crippen LogP contribution in [-0.2, 0) is 0 Å². The van der Waals surface area contributed by atoms with Crippen LogP contribution in [0.4, 0.5) is 4.39 Å². The molecule has 1 fully saturated rings. The molecule has 1 amide bonds. The number of nitrogens with zero attached hydrogens (tertiary/aromatic N) is 5. The van der Waals surface area contributed by atoms with Crippen LogP contribution in [0, 0.1) is 5.82 Å². The highest BCUT2D eigenvalue weighted by atomic mass is 32.1. The van der Waals surface area contributed by atoms with Gasteiger partial charge in [0.1, 0.15) is 11.5 Å². The van der Waals surface area contributed by atoms with Gasteiger partial charge in [-0.1, -0.05) is 6.07 Å². The Bertz CT molecular complexity index is 1450. The first-order valence-electron chi connectivity index (χ1n) is 11.2. The molecule has 5 heterocycles. The number of carbonyl (C=O) groups is 1. The van der Waals surface area contributed by atoms with Crippen LogP contribution in [0.3, 0.4) is 0 Å². The van der Waals surface area contributed by atoms with Gasteiger partial charge in [0.05, 0.1) is 10.6 Å². The van der Waals surface area contributed by atoms with Crippen LogP contribution < -0.4 is 0 Å². The average molecular weight is 473 g/mol. The molecule has 0 aliphatic carbocycles. The molecule has 0 radical (unpaired) electrons. The van der Waals surface area contributed by atoms with E-state index < -0.39 is 0 Å². The van der Waals surface area contributed by atoms with E-state index >= 15 is 0 Å². The van der Waals surface area contributed by atoms with E-state index in [0.717, 1.165) is 28.8 Å². The largest absolute Gasteiger partial charge is 0.346 e. The highest BCUT2D eigenvalue weighted by Crippen LogP contribution is 2.33. The minimum Gasteiger partial charge on any atom is -0.346 e. The Morgan fingerprint density at radius 2 is 1.91 bits per heavy atom. The number of rotatable bonds is 4. The zero-order valence-electron chi connectivity index (χ0n) is 18.2. The summed E-state index contributed by atoms with van der Waals surface area (Å²) in [4.78, 5) is 28.3. The maximum atomic E-state index is 13.5. The number of aromatic nitrogens is 5. The smallest absolute Gasteiger partial charge is 0.293 e. The molecule has 4 aromatic heterocycles. The number of halogens is 1. The van der Waals surface area contributed by atoms with E-state index in [0.29, 0.717) is 30.5 Å². The summed E-state index contributed by atoms with van der Waals surface area (Å²) in [5, 5.41) is 7.63. The molecule has 5 aromatic rings. The van der Waals surface area contributed by atoms with E-state index in [1.165, 1.54) is 29.0 Å². The number of piperidine rings is 1. The lowest BCUT2D eigenvalue weighted by atomic mass is 9.89. The van der Waals surface area contributed by atoms with Gasteiger partial charge in [-0.05, 0) is 72.2 Å². The molecule has 0 spiro atoms. The maximum absolute atomic E-state index is 13.5. The summed E-state index contributed by atoms with van der Waals surface area (Å²) in [6.07, 6.45) is 5.56. The summed E-state index contributed by atoms with van der Waals surface area (Å²) in [7, 11) is 0. The lowest BCUT2D eigenvalue weighted by Gasteiger charge is -2.31. The van der Waals surface area contributed by atoms with Crippen LogP contribution in [0.5, 0.6) is 0 Å². The Kier molecular flexibility index (Phi) is 5.18. The molecule has 0 unspecified atom stereocenters. The predicted octanol–water partition coefficient (Wildman–Crippen LogP) is 5.03. The van der Waals surface area contributed by atoms with Crippen LogP contribution in [-0.4, -0.2) is 48.6 Å². The van der Waals surface area contributed by atoms with Gasteiger partial charge in [0.15, 0.2) is 5.82 Å². The summed E-state index contributed by atoms with van der Waals surface area (Å²) < 4.78 is 15.1. The molecule has 170 valence electrons. The number of hydrogen-bond acceptors (Lipinski definition) is 5. The Hall–Kier alpha value is -3.85. The van der Waals surface area contributed by atoms with Crippen molar-refractivity contribution in [3.8, 4) is 16.4 Å². The summed E-state index contributed by atoms with van der Waals surface area (Å²) in [5.74, 6) is 0.589. The molecule has 0 atom stereocenters. The molecular weight excluding hydrogens is 451 g/mol. The van der Waals surface area contributed by atoms with Crippen molar-refractivity contribution in [3.63, 3.8) is 0 Å². The van der Waals surface area contributed by atoms with Crippen LogP contribution in [0.2, 0.25) is 0 Å². The van der Waals surface area contributed by atoms with Crippen molar-refractivity contribution in [1.82, 2.24) is 29.6 Å². The topological polar surface area (TPSA) is 79.7 Å². The quantitative estimate of drug-likeness (QED) is 0.398. The minimum absolute atomic E-state index is 0.155. The Morgan fingerprint density at radius 1 is 1.09 bits per heavy atom. The van der Waals surface area contributed by atoms with Crippen molar-refractivity contribution in [2.75, 3.05) is 13.1 Å². The van der Waals surface area contributed by atoms with E-state index in [4.69, 9.17) is 0 Å². The second kappa shape index (κ2) is 8.49. The van der Waals surface area contributed by atoms with Gasteiger partial charge < -0.3 is 9.88 Å². The molecule has 0 saturated carbocycles. The van der Waals surface area contributed by atoms with Crippen LogP contribution in [0.15, 0.2) is 66.3 Å². The van der Waals surface area contributed by atoms with Gasteiger partial charge in [0.2, 0.25) is 5.82 Å². The third-order valence-corrected chi connectivity index (χ3v) is 7.18. The van der Waals surface area contributed by atoms with Gasteiger partial charge in [-0.2, -0.15) is 0 Å². The third kappa shape index (κ3) is 3.67. The number of likely N-dealkylation sites (tertiary alicyclic amines) is 1. The van der Waals surface area contributed by atoms with Crippen LogP contribution >= 0.6 is 11.3 Å². The zero-order chi connectivity index (χ0) is 23.1. The molecule has 1 N–H and O–H groups in total. The summed E-state index contributed by atoms with van der Waals surface area (Å²) in [6.45, 7) is 1.27. The number of H-pyrrole nitrogens is 1. The fourth-order valence-corrected chi connectivity index (χ4v) is 5.28. The average Bonchev–Trinajstić information content (AvgIpc) is 3.64. The molecule has 1 saturated heterocycles. The Labute approximate surface area is 198 Å². The number of hydrogen-bond donors (Lipinski definition) is 1. The van der Waals surface area contributed by atoms with Crippen LogP contribution in [0.25, 0.3) is 27.4 Å². The summed E-state index contributed by atoms with van der Waals surface area (Å²) >= 11 is 1.52. The summed E-state index contributed by atoms with van der Waals surface area (Å²) in [5.41, 5.74) is 2.81. The van der Waals surface area contributed by atoms with Gasteiger partial charge in [-0.15, -0.1) is 16.4 Å². The fourth-order valence-electron chi connectivity index (χ4n) is 4.58. The number of fused-ring (bicyclic) bond motifs is 1. The molecule has 0 bridgehead atoms. The lowest BCUT2D eigenvalue weighted by Crippen LogP contribution is -2.38. The highest BCUT2D eigenvalue weighted by Gasteiger charge is 2.29. The van der Waals surface area contributed by atoms with Gasteiger partial charge >= 0.3 is 0 Å². The molecule has 7 nitrogen and oxygen atoms in total. The number of thiophene rings is 1. The predicted molar refractivity (Wildman–Crippen MR) is 129 cm³/mol. The number of amides is 1. The van der Waals surface area contributed by atoms with Gasteiger partial charge in [0, 0.05) is 30.9 Å². The number of nitrogens with one attached hydrogen (secondary N) is 1. The van der Waals surface area contributed by atoms with Gasteiger partial charge in [-0.25, -0.2) is 19.0 Å². The zero-order valence-corrected chi connectivity index (χ0v) is 19.0. The van der Waals surface area contributed by atoms with Crippen molar-refractivity contribution in [2.24, 2.45) is 0 Å². The van der Waals surface area contributed by atoms with E-state index in [-0.39, 0.29) is 17.5 Å². The maximum Gasteiger partial charge on any atom is 0.293 e. The van der Waals surface area contributed by atoms with E-state index in [1.54, 1.807) is 23.0 Å². The molecule has 1 aromatic carbocycles. The second-order valence-electron chi connectivity index (χ2n) is 8.33. The van der Waals surface area contributed by atoms with Crippen LogP contribution in [0.1, 0.15) is 34.9 Å². The van der Waals surface area contributed by atoms with Gasteiger partial charge in [-0.3, -0.25) is 4.79 Å². The van der Waals surface area contributed by atoms with Crippen molar-refractivity contribution in [1.29, 1.82) is 0 Å². The summed E-state index contributed by atoms with van der Waals surface area (Å²) in [6, 6.07) is 13.9. The number of benzene rings is 1. The number of aromatic amines is 1. The molecule has 1 aliphatic rings. The lowest BCUT2D eigenvalue weighted by molar-refractivity contribution is 0.0701. The van der Waals surface area contributed by atoms with E-state index in [2.05, 4.69) is 26.1 Å². The van der Waals surface area contributed by atoms with Crippen molar-refractivity contribution in [3.05, 3.63) is 83.5 Å². The number of pyridine rings is 1. The Balaban J connectivity index is 1.24.